The van der Waals surface area contributed by atoms with Crippen molar-refractivity contribution in [2.45, 2.75) is 39.0 Å². The monoisotopic (exact) mass is 430 g/mol. The average molecular weight is 431 g/mol. The molecule has 2 aromatic heterocycles. The van der Waals surface area contributed by atoms with Crippen LogP contribution in [-0.2, 0) is 17.9 Å². The van der Waals surface area contributed by atoms with E-state index in [1.165, 1.54) is 11.8 Å². The number of para-hydroxylation sites is 2. The Labute approximate surface area is 179 Å². The molecule has 1 aromatic carbocycles. The fraction of sp³-hybridized carbons (Fsp3) is 0.400. The molecule has 0 aliphatic carbocycles. The Kier molecular flexibility index (Phi) is 7.34. The van der Waals surface area contributed by atoms with Crippen molar-refractivity contribution in [1.29, 1.82) is 0 Å². The van der Waals surface area contributed by atoms with Crippen molar-refractivity contribution in [3.8, 4) is 23.0 Å². The number of anilines is 1. The maximum absolute atomic E-state index is 12.4. The van der Waals surface area contributed by atoms with Gasteiger partial charge in [-0.1, -0.05) is 23.9 Å². The van der Waals surface area contributed by atoms with Crippen LogP contribution >= 0.6 is 11.8 Å². The molecule has 3 aromatic rings. The Morgan fingerprint density at radius 3 is 2.67 bits per heavy atom. The van der Waals surface area contributed by atoms with Crippen LogP contribution in [-0.4, -0.2) is 49.9 Å². The average Bonchev–Trinajstić information content (AvgIpc) is 3.36. The summed E-state index contributed by atoms with van der Waals surface area (Å²) in [5.74, 6) is 1.87. The fourth-order valence-electron chi connectivity index (χ4n) is 2.91. The number of hydrogen-bond acceptors (Lipinski definition) is 7. The highest BCUT2D eigenvalue weighted by atomic mass is 32.2. The van der Waals surface area contributed by atoms with Crippen molar-refractivity contribution < 1.29 is 14.3 Å². The van der Waals surface area contributed by atoms with Crippen molar-refractivity contribution in [3.63, 3.8) is 0 Å². The molecule has 1 amide bonds. The molecule has 0 atom stereocenters. The number of aromatic nitrogens is 5. The van der Waals surface area contributed by atoms with Gasteiger partial charge in [-0.05, 0) is 32.9 Å². The van der Waals surface area contributed by atoms with Crippen molar-refractivity contribution in [1.82, 2.24) is 24.5 Å². The highest BCUT2D eigenvalue weighted by Gasteiger charge is 2.21. The molecule has 0 aliphatic rings. The number of carbonyl (C=O) groups excluding carboxylic acids is 1. The molecular formula is C20H26N6O3S. The summed E-state index contributed by atoms with van der Waals surface area (Å²) in [6.07, 6.45) is 1.91. The molecule has 0 bridgehead atoms. The largest absolute Gasteiger partial charge is 0.495 e. The Hall–Kier alpha value is -3.01. The third-order valence-corrected chi connectivity index (χ3v) is 5.29. The molecule has 2 heterocycles. The third kappa shape index (κ3) is 4.76. The van der Waals surface area contributed by atoms with Crippen LogP contribution in [0.1, 0.15) is 20.8 Å². The Bertz CT molecular complexity index is 1000. The van der Waals surface area contributed by atoms with Gasteiger partial charge in [0.2, 0.25) is 11.8 Å². The van der Waals surface area contributed by atoms with Gasteiger partial charge in [0.15, 0.2) is 11.0 Å². The van der Waals surface area contributed by atoms with E-state index >= 15 is 0 Å². The lowest BCUT2D eigenvalue weighted by atomic mass is 10.3. The Morgan fingerprint density at radius 1 is 1.17 bits per heavy atom. The Balaban J connectivity index is 1.75. The summed E-state index contributed by atoms with van der Waals surface area (Å²) in [5, 5.41) is 16.6. The molecule has 160 valence electrons. The second-order valence-corrected chi connectivity index (χ2v) is 7.17. The molecule has 0 spiro atoms. The smallest absolute Gasteiger partial charge is 0.243 e. The highest BCUT2D eigenvalue weighted by Crippen LogP contribution is 2.30. The maximum Gasteiger partial charge on any atom is 0.243 e. The van der Waals surface area contributed by atoms with Crippen LogP contribution in [0.15, 0.2) is 35.6 Å². The van der Waals surface area contributed by atoms with Crippen LogP contribution in [0.5, 0.6) is 11.6 Å². The molecule has 0 saturated carbocycles. The van der Waals surface area contributed by atoms with E-state index in [1.807, 2.05) is 48.3 Å². The van der Waals surface area contributed by atoms with E-state index in [0.29, 0.717) is 41.4 Å². The van der Waals surface area contributed by atoms with E-state index in [9.17, 15) is 4.79 Å². The van der Waals surface area contributed by atoms with E-state index < -0.39 is 0 Å². The lowest BCUT2D eigenvalue weighted by molar-refractivity contribution is -0.113. The summed E-state index contributed by atoms with van der Waals surface area (Å²) >= 11 is 1.33. The summed E-state index contributed by atoms with van der Waals surface area (Å²) in [4.78, 5) is 12.4. The quantitative estimate of drug-likeness (QED) is 0.493. The number of nitrogens with one attached hydrogen (secondary N) is 1. The molecule has 10 heteroatoms. The van der Waals surface area contributed by atoms with E-state index in [1.54, 1.807) is 19.2 Å². The van der Waals surface area contributed by atoms with Crippen LogP contribution in [0, 0.1) is 0 Å². The molecule has 0 saturated heterocycles. The van der Waals surface area contributed by atoms with Gasteiger partial charge in [-0.25, -0.2) is 0 Å². The van der Waals surface area contributed by atoms with Gasteiger partial charge in [-0.15, -0.1) is 15.3 Å². The first-order valence-electron chi connectivity index (χ1n) is 9.80. The molecule has 3 rings (SSSR count). The standard InChI is InChI=1S/C20H26N6O3S/c1-5-25-12-14(19(24-25)29-7-3)18-22-23-20(26(18)6-2)30-13-17(27)21-15-10-8-9-11-16(15)28-4/h8-12H,5-7,13H2,1-4H3,(H,21,27). The topological polar surface area (TPSA) is 96.1 Å². The molecule has 30 heavy (non-hydrogen) atoms. The number of aryl methyl sites for hydroxylation is 1. The number of hydrogen-bond donors (Lipinski definition) is 1. The molecule has 0 radical (unpaired) electrons. The van der Waals surface area contributed by atoms with Gasteiger partial charge in [0.05, 0.1) is 25.2 Å². The van der Waals surface area contributed by atoms with Gasteiger partial charge in [0, 0.05) is 19.3 Å². The van der Waals surface area contributed by atoms with Crippen LogP contribution in [0.4, 0.5) is 5.69 Å². The number of amides is 1. The number of thioether (sulfide) groups is 1. The predicted molar refractivity (Wildman–Crippen MR) is 116 cm³/mol. The maximum atomic E-state index is 12.4. The van der Waals surface area contributed by atoms with Crippen LogP contribution in [0.3, 0.4) is 0 Å². The normalized spacial score (nSPS) is 10.8. The first-order chi connectivity index (χ1) is 14.6. The summed E-state index contributed by atoms with van der Waals surface area (Å²) in [6, 6.07) is 7.30. The van der Waals surface area contributed by atoms with Crippen molar-refractivity contribution >= 4 is 23.4 Å². The fourth-order valence-corrected chi connectivity index (χ4v) is 3.71. The van der Waals surface area contributed by atoms with E-state index in [0.717, 1.165) is 12.1 Å². The number of rotatable bonds is 10. The zero-order valence-corrected chi connectivity index (χ0v) is 18.4. The summed E-state index contributed by atoms with van der Waals surface area (Å²) in [5.41, 5.74) is 1.43. The van der Waals surface area contributed by atoms with Crippen molar-refractivity contribution in [2.75, 3.05) is 24.8 Å². The van der Waals surface area contributed by atoms with Crippen LogP contribution in [0.2, 0.25) is 0 Å². The first-order valence-corrected chi connectivity index (χ1v) is 10.8. The molecule has 0 fully saturated rings. The lowest BCUT2D eigenvalue weighted by Crippen LogP contribution is -2.15. The summed E-state index contributed by atoms with van der Waals surface area (Å²) < 4.78 is 14.7. The first kappa shape index (κ1) is 21.7. The minimum absolute atomic E-state index is 0.148. The van der Waals surface area contributed by atoms with Gasteiger partial charge in [-0.3, -0.25) is 9.48 Å². The zero-order chi connectivity index (χ0) is 21.5. The third-order valence-electron chi connectivity index (χ3n) is 4.32. The summed E-state index contributed by atoms with van der Waals surface area (Å²) in [6.45, 7) is 7.83. The minimum atomic E-state index is -0.148. The van der Waals surface area contributed by atoms with Gasteiger partial charge in [-0.2, -0.15) is 0 Å². The van der Waals surface area contributed by atoms with E-state index in [-0.39, 0.29) is 11.7 Å². The predicted octanol–water partition coefficient (Wildman–Crippen LogP) is 3.32. The summed E-state index contributed by atoms with van der Waals surface area (Å²) in [7, 11) is 1.57. The number of methoxy groups -OCH3 is 1. The number of carbonyl (C=O) groups is 1. The van der Waals surface area contributed by atoms with Gasteiger partial charge in [0.1, 0.15) is 11.3 Å². The molecule has 9 nitrogen and oxygen atoms in total. The molecule has 0 unspecified atom stereocenters. The number of nitrogens with zero attached hydrogens (tertiary/aromatic N) is 5. The van der Waals surface area contributed by atoms with Crippen LogP contribution in [0.25, 0.3) is 11.4 Å². The number of ether oxygens (including phenoxy) is 2. The number of benzene rings is 1. The highest BCUT2D eigenvalue weighted by molar-refractivity contribution is 7.99. The van der Waals surface area contributed by atoms with Gasteiger partial charge in [0.25, 0.3) is 0 Å². The second kappa shape index (κ2) is 10.1. The van der Waals surface area contributed by atoms with Crippen molar-refractivity contribution in [2.24, 2.45) is 0 Å². The minimum Gasteiger partial charge on any atom is -0.495 e. The molecule has 0 aliphatic heterocycles. The van der Waals surface area contributed by atoms with E-state index in [4.69, 9.17) is 9.47 Å². The molecular weight excluding hydrogens is 404 g/mol. The van der Waals surface area contributed by atoms with E-state index in [2.05, 4.69) is 20.6 Å². The zero-order valence-electron chi connectivity index (χ0n) is 17.6. The lowest BCUT2D eigenvalue weighted by Gasteiger charge is -2.10. The Morgan fingerprint density at radius 2 is 1.97 bits per heavy atom. The van der Waals surface area contributed by atoms with Gasteiger partial charge >= 0.3 is 0 Å². The van der Waals surface area contributed by atoms with Crippen LogP contribution < -0.4 is 14.8 Å². The van der Waals surface area contributed by atoms with Gasteiger partial charge < -0.3 is 19.4 Å². The second-order valence-electron chi connectivity index (χ2n) is 6.22. The SMILES string of the molecule is CCOc1nn(CC)cc1-c1nnc(SCC(=O)Nc2ccccc2OC)n1CC. The van der Waals surface area contributed by atoms with Crippen molar-refractivity contribution in [3.05, 3.63) is 30.5 Å². The molecule has 1 N–H and O–H groups in total.